The van der Waals surface area contributed by atoms with Crippen molar-refractivity contribution in [3.05, 3.63) is 29.3 Å². The van der Waals surface area contributed by atoms with Gasteiger partial charge in [-0.05, 0) is 31.2 Å². The molecule has 1 saturated heterocycles. The molecule has 0 amide bonds. The van der Waals surface area contributed by atoms with Crippen molar-refractivity contribution in [2.75, 3.05) is 30.4 Å². The average molecular weight is 301 g/mol. The highest BCUT2D eigenvalue weighted by Crippen LogP contribution is 2.22. The Kier molecular flexibility index (Phi) is 5.08. The zero-order valence-corrected chi connectivity index (χ0v) is 12.4. The number of halogens is 2. The summed E-state index contributed by atoms with van der Waals surface area (Å²) in [6.07, 6.45) is 0.946. The zero-order valence-electron chi connectivity index (χ0n) is 10.9. The largest absolute Gasteiger partial charge is 0.369 e. The summed E-state index contributed by atoms with van der Waals surface area (Å²) in [5.41, 5.74) is 1.17. The summed E-state index contributed by atoms with van der Waals surface area (Å²) in [6, 6.07) is 8.00. The molecule has 1 aromatic rings. The van der Waals surface area contributed by atoms with Crippen LogP contribution >= 0.6 is 23.2 Å². The van der Waals surface area contributed by atoms with Gasteiger partial charge in [-0.25, -0.2) is 0 Å². The summed E-state index contributed by atoms with van der Waals surface area (Å²) in [5, 5.41) is 0.749. The third kappa shape index (κ3) is 3.41. The van der Waals surface area contributed by atoms with E-state index in [1.807, 2.05) is 24.3 Å². The zero-order chi connectivity index (χ0) is 13.8. The van der Waals surface area contributed by atoms with E-state index in [0.717, 1.165) is 30.9 Å². The molecule has 5 heteroatoms. The maximum absolute atomic E-state index is 11.0. The Morgan fingerprint density at radius 3 is 2.58 bits per heavy atom. The molecular formula is C14H18Cl2N2O. The van der Waals surface area contributed by atoms with Gasteiger partial charge in [-0.15, -0.1) is 11.6 Å². The number of carbonyl (C=O) groups is 1. The third-order valence-corrected chi connectivity index (χ3v) is 4.18. The van der Waals surface area contributed by atoms with Crippen molar-refractivity contribution in [1.82, 2.24) is 4.90 Å². The topological polar surface area (TPSA) is 23.6 Å². The molecule has 1 fully saturated rings. The molecule has 3 nitrogen and oxygen atoms in total. The standard InChI is InChI=1S/C14H18Cl2N2O/c1-11-9-17(13-4-2-12(16)3-5-13)6-7-18(11)14(8-15)10-19/h2-5,10-11,14H,6-9H2,1H3. The Bertz CT molecular complexity index is 424. The summed E-state index contributed by atoms with van der Waals surface area (Å²) in [6.45, 7) is 4.76. The van der Waals surface area contributed by atoms with Crippen LogP contribution in [-0.4, -0.2) is 48.8 Å². The van der Waals surface area contributed by atoms with Gasteiger partial charge >= 0.3 is 0 Å². The lowest BCUT2D eigenvalue weighted by Gasteiger charge is -2.42. The Morgan fingerprint density at radius 2 is 2.05 bits per heavy atom. The van der Waals surface area contributed by atoms with Crippen molar-refractivity contribution in [3.63, 3.8) is 0 Å². The molecule has 0 N–H and O–H groups in total. The first kappa shape index (κ1) is 14.6. The lowest BCUT2D eigenvalue weighted by atomic mass is 10.1. The second-order valence-corrected chi connectivity index (χ2v) is 5.61. The molecule has 19 heavy (non-hydrogen) atoms. The molecule has 1 heterocycles. The maximum atomic E-state index is 11.0. The highest BCUT2D eigenvalue weighted by Gasteiger charge is 2.28. The van der Waals surface area contributed by atoms with Gasteiger partial charge in [-0.3, -0.25) is 4.90 Å². The van der Waals surface area contributed by atoms with Gasteiger partial charge in [0.1, 0.15) is 6.29 Å². The van der Waals surface area contributed by atoms with Crippen LogP contribution < -0.4 is 4.90 Å². The minimum Gasteiger partial charge on any atom is -0.369 e. The van der Waals surface area contributed by atoms with E-state index in [1.54, 1.807) is 0 Å². The van der Waals surface area contributed by atoms with Gasteiger partial charge in [0.2, 0.25) is 0 Å². The Labute approximate surface area is 124 Å². The quantitative estimate of drug-likeness (QED) is 0.631. The van der Waals surface area contributed by atoms with Crippen molar-refractivity contribution in [2.24, 2.45) is 0 Å². The van der Waals surface area contributed by atoms with E-state index in [1.165, 1.54) is 5.69 Å². The molecule has 0 radical (unpaired) electrons. The van der Waals surface area contributed by atoms with Crippen LogP contribution in [0.2, 0.25) is 5.02 Å². The second-order valence-electron chi connectivity index (χ2n) is 4.87. The van der Waals surface area contributed by atoms with E-state index in [0.29, 0.717) is 11.9 Å². The van der Waals surface area contributed by atoms with Crippen molar-refractivity contribution >= 4 is 35.2 Å². The number of aldehydes is 1. The molecule has 0 aliphatic carbocycles. The smallest absolute Gasteiger partial charge is 0.138 e. The van der Waals surface area contributed by atoms with Crippen LogP contribution in [0.1, 0.15) is 6.92 Å². The lowest BCUT2D eigenvalue weighted by Crippen LogP contribution is -2.56. The predicted molar refractivity (Wildman–Crippen MR) is 80.4 cm³/mol. The van der Waals surface area contributed by atoms with Crippen LogP contribution in [-0.2, 0) is 4.79 Å². The molecule has 0 aromatic heterocycles. The van der Waals surface area contributed by atoms with Crippen LogP contribution in [0.25, 0.3) is 0 Å². The molecular weight excluding hydrogens is 283 g/mol. The highest BCUT2D eigenvalue weighted by atomic mass is 35.5. The van der Waals surface area contributed by atoms with Crippen molar-refractivity contribution in [3.8, 4) is 0 Å². The number of alkyl halides is 1. The number of benzene rings is 1. The van der Waals surface area contributed by atoms with Gasteiger partial charge in [0.25, 0.3) is 0 Å². The summed E-state index contributed by atoms with van der Waals surface area (Å²) in [5.74, 6) is 0.356. The molecule has 104 valence electrons. The maximum Gasteiger partial charge on any atom is 0.138 e. The second kappa shape index (κ2) is 6.60. The lowest BCUT2D eigenvalue weighted by molar-refractivity contribution is -0.112. The predicted octanol–water partition coefficient (Wildman–Crippen LogP) is 2.66. The number of hydrogen-bond donors (Lipinski definition) is 0. The first-order valence-corrected chi connectivity index (χ1v) is 7.34. The average Bonchev–Trinajstić information content (AvgIpc) is 2.42. The minimum atomic E-state index is -0.177. The first-order chi connectivity index (χ1) is 9.15. The molecule has 2 rings (SSSR count). The van der Waals surface area contributed by atoms with E-state index >= 15 is 0 Å². The number of hydrogen-bond acceptors (Lipinski definition) is 3. The van der Waals surface area contributed by atoms with Crippen LogP contribution in [0.15, 0.2) is 24.3 Å². The highest BCUT2D eigenvalue weighted by molar-refractivity contribution is 6.30. The fourth-order valence-corrected chi connectivity index (χ4v) is 2.93. The monoisotopic (exact) mass is 300 g/mol. The van der Waals surface area contributed by atoms with Crippen LogP contribution in [0, 0.1) is 0 Å². The van der Waals surface area contributed by atoms with Gasteiger partial charge in [-0.1, -0.05) is 11.6 Å². The van der Waals surface area contributed by atoms with Crippen molar-refractivity contribution < 1.29 is 4.79 Å². The fraction of sp³-hybridized carbons (Fsp3) is 0.500. The molecule has 2 atom stereocenters. The number of carbonyl (C=O) groups excluding carboxylic acids is 1. The number of anilines is 1. The molecule has 2 unspecified atom stereocenters. The van der Waals surface area contributed by atoms with E-state index in [-0.39, 0.29) is 6.04 Å². The van der Waals surface area contributed by atoms with E-state index in [9.17, 15) is 4.79 Å². The Hall–Kier alpha value is -0.770. The number of piperazine rings is 1. The Balaban J connectivity index is 2.03. The van der Waals surface area contributed by atoms with Crippen molar-refractivity contribution in [1.29, 1.82) is 0 Å². The number of nitrogens with zero attached hydrogens (tertiary/aromatic N) is 2. The van der Waals surface area contributed by atoms with E-state index < -0.39 is 0 Å². The van der Waals surface area contributed by atoms with Crippen LogP contribution in [0.3, 0.4) is 0 Å². The van der Waals surface area contributed by atoms with Gasteiger partial charge in [0, 0.05) is 42.3 Å². The van der Waals surface area contributed by atoms with Crippen LogP contribution in [0.5, 0.6) is 0 Å². The molecule has 1 aliphatic heterocycles. The SMILES string of the molecule is CC1CN(c2ccc(Cl)cc2)CCN1C(C=O)CCl. The van der Waals surface area contributed by atoms with Gasteiger partial charge < -0.3 is 9.69 Å². The van der Waals surface area contributed by atoms with Crippen LogP contribution in [0.4, 0.5) is 5.69 Å². The van der Waals surface area contributed by atoms with Crippen molar-refractivity contribution in [2.45, 2.75) is 19.0 Å². The third-order valence-electron chi connectivity index (χ3n) is 3.61. The first-order valence-electron chi connectivity index (χ1n) is 6.43. The summed E-state index contributed by atoms with van der Waals surface area (Å²) in [4.78, 5) is 15.5. The van der Waals surface area contributed by atoms with Gasteiger partial charge in [-0.2, -0.15) is 0 Å². The van der Waals surface area contributed by atoms with Gasteiger partial charge in [0.05, 0.1) is 6.04 Å². The molecule has 0 saturated carbocycles. The normalized spacial score (nSPS) is 22.3. The summed E-state index contributed by atoms with van der Waals surface area (Å²) >= 11 is 11.7. The minimum absolute atomic E-state index is 0.177. The Morgan fingerprint density at radius 1 is 1.37 bits per heavy atom. The number of rotatable bonds is 4. The van der Waals surface area contributed by atoms with Gasteiger partial charge in [0.15, 0.2) is 0 Å². The van der Waals surface area contributed by atoms with E-state index in [4.69, 9.17) is 23.2 Å². The fourth-order valence-electron chi connectivity index (χ4n) is 2.55. The molecule has 1 aromatic carbocycles. The van der Waals surface area contributed by atoms with E-state index in [2.05, 4.69) is 16.7 Å². The molecule has 0 bridgehead atoms. The molecule has 0 spiro atoms. The summed E-state index contributed by atoms with van der Waals surface area (Å²) in [7, 11) is 0. The molecule has 1 aliphatic rings. The summed E-state index contributed by atoms with van der Waals surface area (Å²) < 4.78 is 0.